The molecule has 224 valence electrons. The van der Waals surface area contributed by atoms with E-state index in [1.54, 1.807) is 31.4 Å². The normalized spacial score (nSPS) is 20.5. The third-order valence-electron chi connectivity index (χ3n) is 8.00. The molecule has 1 N–H and O–H groups in total. The molecule has 3 heterocycles. The van der Waals surface area contributed by atoms with Crippen LogP contribution in [0.5, 0.6) is 5.75 Å². The van der Waals surface area contributed by atoms with E-state index in [0.29, 0.717) is 29.4 Å². The molecule has 9 nitrogen and oxygen atoms in total. The molecule has 0 radical (unpaired) electrons. The maximum absolute atomic E-state index is 14.1. The van der Waals surface area contributed by atoms with Gasteiger partial charge in [-0.2, -0.15) is 13.2 Å². The van der Waals surface area contributed by atoms with Crippen molar-refractivity contribution in [1.82, 2.24) is 9.80 Å². The van der Waals surface area contributed by atoms with Crippen LogP contribution in [0.25, 0.3) is 10.8 Å². The summed E-state index contributed by atoms with van der Waals surface area (Å²) in [4.78, 5) is 27.3. The van der Waals surface area contributed by atoms with Crippen molar-refractivity contribution < 1.29 is 41.0 Å². The van der Waals surface area contributed by atoms with Crippen LogP contribution in [-0.2, 0) is 19.6 Å². The lowest BCUT2D eigenvalue weighted by Gasteiger charge is -2.38. The lowest BCUT2D eigenvalue weighted by molar-refractivity contribution is -0.192. The van der Waals surface area contributed by atoms with Gasteiger partial charge in [0, 0.05) is 36.4 Å². The Morgan fingerprint density at radius 2 is 1.60 bits per heavy atom. The number of piperazine rings is 1. The topological polar surface area (TPSA) is 107 Å². The van der Waals surface area contributed by atoms with Crippen LogP contribution < -0.4 is 9.04 Å². The van der Waals surface area contributed by atoms with Crippen LogP contribution in [0.15, 0.2) is 65.6 Å². The highest BCUT2D eigenvalue weighted by atomic mass is 32.2. The van der Waals surface area contributed by atoms with Crippen molar-refractivity contribution in [2.45, 2.75) is 35.9 Å². The fourth-order valence-electron chi connectivity index (χ4n) is 5.99. The Hall–Kier alpha value is -3.84. The second kappa shape index (κ2) is 11.4. The van der Waals surface area contributed by atoms with Crippen LogP contribution in [-0.4, -0.2) is 87.3 Å². The van der Waals surface area contributed by atoms with Crippen LogP contribution in [0, 0.1) is 0 Å². The average Bonchev–Trinajstić information content (AvgIpc) is 3.61. The molecule has 6 rings (SSSR count). The van der Waals surface area contributed by atoms with Crippen LogP contribution in [0.3, 0.4) is 0 Å². The summed E-state index contributed by atoms with van der Waals surface area (Å²) in [6.45, 7) is 3.55. The van der Waals surface area contributed by atoms with Crippen molar-refractivity contribution in [2.75, 3.05) is 44.1 Å². The highest BCUT2D eigenvalue weighted by molar-refractivity contribution is 7.93. The predicted molar refractivity (Wildman–Crippen MR) is 149 cm³/mol. The Morgan fingerprint density at radius 3 is 2.29 bits per heavy atom. The third kappa shape index (κ3) is 5.50. The summed E-state index contributed by atoms with van der Waals surface area (Å²) in [5, 5.41) is 8.47. The lowest BCUT2D eigenvalue weighted by Crippen LogP contribution is -2.53. The van der Waals surface area contributed by atoms with Gasteiger partial charge in [0.05, 0.1) is 30.2 Å². The highest BCUT2D eigenvalue weighted by Gasteiger charge is 2.43. The Kier molecular flexibility index (Phi) is 8.08. The largest absolute Gasteiger partial charge is 0.496 e. The fourth-order valence-corrected chi connectivity index (χ4v) is 7.69. The minimum atomic E-state index is -5.08. The summed E-state index contributed by atoms with van der Waals surface area (Å²) in [5.74, 6) is -2.60. The SMILES string of the molecule is COc1ccc(S(=O)(=O)N2CC(C(=O)N3CCN4CCCC4C3)c3ccccc32)c2ccccc12.O=C(O)C(F)(F)F. The smallest absolute Gasteiger partial charge is 0.490 e. The predicted octanol–water partition coefficient (Wildman–Crippen LogP) is 4.08. The van der Waals surface area contributed by atoms with Gasteiger partial charge in [-0.25, -0.2) is 13.2 Å². The first kappa shape index (κ1) is 29.6. The Balaban J connectivity index is 0.000000451. The van der Waals surface area contributed by atoms with E-state index in [2.05, 4.69) is 4.90 Å². The molecule has 1 amide bonds. The number of hydrogen-bond donors (Lipinski definition) is 1. The van der Waals surface area contributed by atoms with Gasteiger partial charge in [0.2, 0.25) is 5.91 Å². The van der Waals surface area contributed by atoms with Crippen molar-refractivity contribution >= 4 is 38.4 Å². The number of halogens is 3. The number of hydrogen-bond acceptors (Lipinski definition) is 6. The minimum Gasteiger partial charge on any atom is -0.496 e. The van der Waals surface area contributed by atoms with Crippen molar-refractivity contribution in [3.8, 4) is 5.75 Å². The summed E-state index contributed by atoms with van der Waals surface area (Å²) in [6.07, 6.45) is -2.78. The molecule has 0 spiro atoms. The molecule has 3 aliphatic heterocycles. The number of carboxylic acids is 1. The minimum absolute atomic E-state index is 0.0290. The zero-order chi connectivity index (χ0) is 30.2. The highest BCUT2D eigenvalue weighted by Crippen LogP contribution is 2.42. The number of methoxy groups -OCH3 is 1. The standard InChI is InChI=1S/C27H29N3O4S.C2HF3O2/c1-34-25-12-13-26(22-10-3-2-9-21(22)25)35(32,33)30-18-23(20-8-4-5-11-24(20)30)27(31)29-16-15-28-14-6-7-19(28)17-29;3-2(4,5)1(6)7/h2-5,8-13,19,23H,6-7,14-18H2,1H3;(H,6,7). The number of carboxylic acid groups (broad SMARTS) is 1. The maximum Gasteiger partial charge on any atom is 0.490 e. The molecule has 3 aromatic carbocycles. The van der Waals surface area contributed by atoms with Crippen LogP contribution in [0.1, 0.15) is 24.3 Å². The second-order valence-corrected chi connectivity index (χ2v) is 12.2. The molecule has 0 bridgehead atoms. The fraction of sp³-hybridized carbons (Fsp3) is 0.379. The van der Waals surface area contributed by atoms with Gasteiger partial charge in [0.1, 0.15) is 5.75 Å². The number of alkyl halides is 3. The first-order valence-electron chi connectivity index (χ1n) is 13.4. The molecule has 2 unspecified atom stereocenters. The number of carbonyl (C=O) groups excluding carboxylic acids is 1. The number of amides is 1. The molecule has 2 saturated heterocycles. The molecule has 2 fully saturated rings. The van der Waals surface area contributed by atoms with E-state index in [0.717, 1.165) is 37.0 Å². The van der Waals surface area contributed by atoms with Gasteiger partial charge in [-0.1, -0.05) is 42.5 Å². The van der Waals surface area contributed by atoms with E-state index in [9.17, 15) is 26.4 Å². The van der Waals surface area contributed by atoms with Crippen molar-refractivity contribution in [3.63, 3.8) is 0 Å². The van der Waals surface area contributed by atoms with Gasteiger partial charge in [-0.3, -0.25) is 14.0 Å². The van der Waals surface area contributed by atoms with Gasteiger partial charge in [0.25, 0.3) is 10.0 Å². The second-order valence-electron chi connectivity index (χ2n) is 10.4. The zero-order valence-corrected chi connectivity index (χ0v) is 23.6. The molecule has 42 heavy (non-hydrogen) atoms. The van der Waals surface area contributed by atoms with E-state index in [4.69, 9.17) is 14.6 Å². The number of anilines is 1. The number of ether oxygens (including phenoxy) is 1. The first-order chi connectivity index (χ1) is 19.9. The summed E-state index contributed by atoms with van der Waals surface area (Å²) < 4.78 is 66.7. The third-order valence-corrected chi connectivity index (χ3v) is 9.84. The van der Waals surface area contributed by atoms with Crippen molar-refractivity contribution in [3.05, 3.63) is 66.2 Å². The molecule has 13 heteroatoms. The van der Waals surface area contributed by atoms with E-state index < -0.39 is 28.1 Å². The summed E-state index contributed by atoms with van der Waals surface area (Å²) in [7, 11) is -2.34. The number of rotatable bonds is 4. The summed E-state index contributed by atoms with van der Waals surface area (Å²) >= 11 is 0. The average molecular weight is 606 g/mol. The van der Waals surface area contributed by atoms with Gasteiger partial charge in [-0.15, -0.1) is 0 Å². The van der Waals surface area contributed by atoms with Crippen LogP contribution >= 0.6 is 0 Å². The van der Waals surface area contributed by atoms with E-state index >= 15 is 0 Å². The zero-order valence-electron chi connectivity index (χ0n) is 22.8. The number of carbonyl (C=O) groups is 2. The summed E-state index contributed by atoms with van der Waals surface area (Å²) in [6, 6.07) is 18.5. The molecule has 3 aromatic rings. The maximum atomic E-state index is 14.1. The number of aliphatic carboxylic acids is 1. The Morgan fingerprint density at radius 1 is 0.929 bits per heavy atom. The van der Waals surface area contributed by atoms with Crippen LogP contribution in [0.4, 0.5) is 18.9 Å². The lowest BCUT2D eigenvalue weighted by atomic mass is 9.99. The van der Waals surface area contributed by atoms with Gasteiger partial charge < -0.3 is 14.7 Å². The van der Waals surface area contributed by atoms with Crippen molar-refractivity contribution in [1.29, 1.82) is 0 Å². The number of benzene rings is 3. The summed E-state index contributed by atoms with van der Waals surface area (Å²) in [5.41, 5.74) is 1.37. The van der Waals surface area contributed by atoms with Gasteiger partial charge in [0.15, 0.2) is 0 Å². The number of para-hydroxylation sites is 1. The molecule has 3 aliphatic rings. The molecular formula is C29H30F3N3O6S. The molecular weight excluding hydrogens is 575 g/mol. The van der Waals surface area contributed by atoms with Gasteiger partial charge >= 0.3 is 12.1 Å². The number of sulfonamides is 1. The first-order valence-corrected chi connectivity index (χ1v) is 14.9. The molecule has 0 aliphatic carbocycles. The van der Waals surface area contributed by atoms with Gasteiger partial charge in [-0.05, 0) is 43.1 Å². The van der Waals surface area contributed by atoms with E-state index in [1.807, 2.05) is 41.3 Å². The Bertz CT molecular complexity index is 1610. The van der Waals surface area contributed by atoms with E-state index in [1.165, 1.54) is 10.7 Å². The molecule has 0 saturated carbocycles. The van der Waals surface area contributed by atoms with E-state index in [-0.39, 0.29) is 17.3 Å². The van der Waals surface area contributed by atoms with Crippen molar-refractivity contribution in [2.24, 2.45) is 0 Å². The Labute approximate surface area is 241 Å². The number of nitrogens with zero attached hydrogens (tertiary/aromatic N) is 3. The van der Waals surface area contributed by atoms with Crippen LogP contribution in [0.2, 0.25) is 0 Å². The monoisotopic (exact) mass is 605 g/mol. The molecule has 2 atom stereocenters. The number of fused-ring (bicyclic) bond motifs is 3. The molecule has 0 aromatic heterocycles. The quantitative estimate of drug-likeness (QED) is 0.478.